The van der Waals surface area contributed by atoms with Crippen LogP contribution in [0, 0.1) is 5.82 Å². The Morgan fingerprint density at radius 1 is 1.05 bits per heavy atom. The summed E-state index contributed by atoms with van der Waals surface area (Å²) in [5.74, 6) is 0.432. The Morgan fingerprint density at radius 3 is 2.65 bits per heavy atom. The summed E-state index contributed by atoms with van der Waals surface area (Å²) < 4.78 is 15.9. The minimum atomic E-state index is -0.522. The maximum absolute atomic E-state index is 14.2. The van der Waals surface area contributed by atoms with E-state index in [2.05, 4.69) is 20.6 Å². The molecule has 9 heteroatoms. The molecule has 0 aliphatic carbocycles. The van der Waals surface area contributed by atoms with Crippen LogP contribution < -0.4 is 10.6 Å². The van der Waals surface area contributed by atoms with E-state index in [0.717, 1.165) is 16.5 Å². The van der Waals surface area contributed by atoms with E-state index in [9.17, 15) is 9.18 Å². The molecule has 1 amide bonds. The summed E-state index contributed by atoms with van der Waals surface area (Å²) >= 11 is 1.35. The van der Waals surface area contributed by atoms with Crippen molar-refractivity contribution in [3.63, 3.8) is 0 Å². The molecule has 1 unspecified atom stereocenters. The average molecular weight is 511 g/mol. The van der Waals surface area contributed by atoms with Crippen LogP contribution in [-0.4, -0.2) is 25.7 Å². The lowest BCUT2D eigenvalue weighted by Gasteiger charge is -2.28. The number of amides is 1. The Balaban J connectivity index is 1.40. The largest absolute Gasteiger partial charge is 0.361 e. The van der Waals surface area contributed by atoms with Crippen molar-refractivity contribution in [3.05, 3.63) is 113 Å². The van der Waals surface area contributed by atoms with Crippen molar-refractivity contribution >= 4 is 40.2 Å². The lowest BCUT2D eigenvalue weighted by atomic mass is 9.94. The normalized spacial score (nSPS) is 14.9. The van der Waals surface area contributed by atoms with Crippen LogP contribution in [0.2, 0.25) is 0 Å². The molecule has 0 fully saturated rings. The van der Waals surface area contributed by atoms with Crippen molar-refractivity contribution in [2.75, 3.05) is 10.6 Å². The van der Waals surface area contributed by atoms with Gasteiger partial charge >= 0.3 is 0 Å². The van der Waals surface area contributed by atoms with Crippen LogP contribution in [0.3, 0.4) is 0 Å². The summed E-state index contributed by atoms with van der Waals surface area (Å²) in [6.07, 6.45) is 1.92. The van der Waals surface area contributed by atoms with E-state index in [1.54, 1.807) is 16.8 Å². The predicted molar refractivity (Wildman–Crippen MR) is 144 cm³/mol. The summed E-state index contributed by atoms with van der Waals surface area (Å²) in [5.41, 5.74) is 4.39. The molecule has 0 saturated heterocycles. The first-order chi connectivity index (χ1) is 18.1. The standard InChI is InChI=1S/C28H23FN6OS/c1-17-24(26(36)32-19-10-3-2-4-11-19)25(21-15-30-23-14-8-6-12-20(21)23)35-27(31-17)33-28(34-35)37-16-18-9-5-7-13-22(18)29/h2-15,25,30H,16H2,1H3,(H,32,36)(H,31,33,34). The number of nitrogens with one attached hydrogen (secondary N) is 3. The number of benzene rings is 3. The van der Waals surface area contributed by atoms with E-state index in [4.69, 9.17) is 5.10 Å². The number of aromatic amines is 1. The number of halogens is 1. The highest BCUT2D eigenvalue weighted by Gasteiger charge is 2.35. The second-order valence-electron chi connectivity index (χ2n) is 8.72. The zero-order chi connectivity index (χ0) is 25.4. The fraction of sp³-hybridized carbons (Fsp3) is 0.107. The maximum atomic E-state index is 14.2. The van der Waals surface area contributed by atoms with E-state index in [1.807, 2.05) is 73.8 Å². The molecule has 0 spiro atoms. The molecule has 3 aromatic carbocycles. The SMILES string of the molecule is CC1=C(C(=O)Nc2ccccc2)C(c2c[nH]c3ccccc23)n2nc(SCc3ccccc3F)nc2N1. The highest BCUT2D eigenvalue weighted by atomic mass is 32.2. The van der Waals surface area contributed by atoms with Gasteiger partial charge in [-0.2, -0.15) is 4.98 Å². The Morgan fingerprint density at radius 2 is 1.81 bits per heavy atom. The predicted octanol–water partition coefficient (Wildman–Crippen LogP) is 6.12. The van der Waals surface area contributed by atoms with Crippen LogP contribution in [0.5, 0.6) is 0 Å². The summed E-state index contributed by atoms with van der Waals surface area (Å²) in [6, 6.07) is 23.5. The van der Waals surface area contributed by atoms with Crippen molar-refractivity contribution < 1.29 is 9.18 Å². The van der Waals surface area contributed by atoms with E-state index < -0.39 is 6.04 Å². The molecule has 37 heavy (non-hydrogen) atoms. The fourth-order valence-electron chi connectivity index (χ4n) is 4.57. The number of aromatic nitrogens is 4. The average Bonchev–Trinajstić information content (AvgIpc) is 3.52. The van der Waals surface area contributed by atoms with Gasteiger partial charge in [-0.25, -0.2) is 9.07 Å². The minimum Gasteiger partial charge on any atom is -0.361 e. The van der Waals surface area contributed by atoms with Crippen molar-refractivity contribution in [2.45, 2.75) is 23.9 Å². The minimum absolute atomic E-state index is 0.229. The Kier molecular flexibility index (Phi) is 5.97. The van der Waals surface area contributed by atoms with Crippen molar-refractivity contribution in [2.24, 2.45) is 0 Å². The smallest absolute Gasteiger partial charge is 0.255 e. The van der Waals surface area contributed by atoms with Gasteiger partial charge in [0.15, 0.2) is 0 Å². The fourth-order valence-corrected chi connectivity index (χ4v) is 5.39. The molecule has 0 bridgehead atoms. The Bertz CT molecular complexity index is 1640. The lowest BCUT2D eigenvalue weighted by molar-refractivity contribution is -0.113. The summed E-state index contributed by atoms with van der Waals surface area (Å²) in [4.78, 5) is 21.6. The first kappa shape index (κ1) is 23.1. The van der Waals surface area contributed by atoms with Crippen molar-refractivity contribution in [3.8, 4) is 0 Å². The first-order valence-electron chi connectivity index (χ1n) is 11.8. The van der Waals surface area contributed by atoms with Gasteiger partial charge in [0.05, 0.1) is 5.57 Å². The number of hydrogen-bond donors (Lipinski definition) is 3. The van der Waals surface area contributed by atoms with E-state index >= 15 is 0 Å². The molecular formula is C28H23FN6OS. The first-order valence-corrected chi connectivity index (χ1v) is 12.8. The van der Waals surface area contributed by atoms with Gasteiger partial charge in [-0.3, -0.25) is 4.79 Å². The molecule has 1 aliphatic rings. The van der Waals surface area contributed by atoms with Crippen LogP contribution in [-0.2, 0) is 10.5 Å². The molecule has 0 radical (unpaired) electrons. The molecule has 184 valence electrons. The van der Waals surface area contributed by atoms with Gasteiger partial charge in [-0.05, 0) is 36.8 Å². The molecule has 1 atom stereocenters. The number of anilines is 2. The zero-order valence-corrected chi connectivity index (χ0v) is 20.7. The highest BCUT2D eigenvalue weighted by molar-refractivity contribution is 7.98. The molecule has 6 rings (SSSR count). The van der Waals surface area contributed by atoms with E-state index in [-0.39, 0.29) is 11.7 Å². The van der Waals surface area contributed by atoms with Gasteiger partial charge in [0.2, 0.25) is 11.1 Å². The van der Waals surface area contributed by atoms with Crippen LogP contribution >= 0.6 is 11.8 Å². The highest BCUT2D eigenvalue weighted by Crippen LogP contribution is 2.39. The van der Waals surface area contributed by atoms with Crippen molar-refractivity contribution in [1.82, 2.24) is 19.7 Å². The van der Waals surface area contributed by atoms with Crippen molar-refractivity contribution in [1.29, 1.82) is 0 Å². The third-order valence-electron chi connectivity index (χ3n) is 6.34. The molecule has 5 aromatic rings. The number of para-hydroxylation sites is 2. The summed E-state index contributed by atoms with van der Waals surface area (Å²) in [6.45, 7) is 1.87. The number of carbonyl (C=O) groups is 1. The van der Waals surface area contributed by atoms with E-state index in [0.29, 0.717) is 39.4 Å². The second kappa shape index (κ2) is 9.59. The molecule has 0 saturated carbocycles. The number of thioether (sulfide) groups is 1. The van der Waals surface area contributed by atoms with Gasteiger partial charge in [-0.1, -0.05) is 66.4 Å². The molecule has 1 aliphatic heterocycles. The number of hydrogen-bond acceptors (Lipinski definition) is 5. The number of rotatable bonds is 6. The molecule has 7 nitrogen and oxygen atoms in total. The second-order valence-corrected chi connectivity index (χ2v) is 9.66. The number of fused-ring (bicyclic) bond motifs is 2. The van der Waals surface area contributed by atoms with Gasteiger partial charge in [-0.15, -0.1) is 5.10 Å². The number of carbonyl (C=O) groups excluding carboxylic acids is 1. The third-order valence-corrected chi connectivity index (χ3v) is 7.23. The van der Waals surface area contributed by atoms with Gasteiger partial charge < -0.3 is 15.6 Å². The number of allylic oxidation sites excluding steroid dienone is 1. The lowest BCUT2D eigenvalue weighted by Crippen LogP contribution is -2.31. The number of H-pyrrole nitrogens is 1. The molecule has 3 heterocycles. The summed E-state index contributed by atoms with van der Waals surface area (Å²) in [5, 5.41) is 12.5. The molecular weight excluding hydrogens is 487 g/mol. The van der Waals surface area contributed by atoms with Crippen LogP contribution in [0.25, 0.3) is 10.9 Å². The maximum Gasteiger partial charge on any atom is 0.255 e. The van der Waals surface area contributed by atoms with Crippen LogP contribution in [0.1, 0.15) is 24.1 Å². The molecule has 2 aromatic heterocycles. The number of nitrogens with zero attached hydrogens (tertiary/aromatic N) is 3. The molecule has 3 N–H and O–H groups in total. The monoisotopic (exact) mass is 510 g/mol. The van der Waals surface area contributed by atoms with Crippen LogP contribution in [0.4, 0.5) is 16.0 Å². The topological polar surface area (TPSA) is 87.6 Å². The van der Waals surface area contributed by atoms with Crippen LogP contribution in [0.15, 0.2) is 101 Å². The Labute approximate surface area is 216 Å². The quantitative estimate of drug-likeness (QED) is 0.240. The zero-order valence-electron chi connectivity index (χ0n) is 19.9. The Hall–Kier alpha value is -4.37. The van der Waals surface area contributed by atoms with E-state index in [1.165, 1.54) is 17.8 Å². The van der Waals surface area contributed by atoms with Gasteiger partial charge in [0, 0.05) is 39.8 Å². The summed E-state index contributed by atoms with van der Waals surface area (Å²) in [7, 11) is 0. The van der Waals surface area contributed by atoms with Gasteiger partial charge in [0.1, 0.15) is 11.9 Å². The van der Waals surface area contributed by atoms with Gasteiger partial charge in [0.25, 0.3) is 5.91 Å². The third kappa shape index (κ3) is 4.38.